The lowest BCUT2D eigenvalue weighted by Gasteiger charge is -2.37. The van der Waals surface area contributed by atoms with Crippen LogP contribution in [-0.4, -0.2) is 50.3 Å². The molecule has 0 heterocycles. The van der Waals surface area contributed by atoms with Gasteiger partial charge in [-0.05, 0) is 32.7 Å². The summed E-state index contributed by atoms with van der Waals surface area (Å²) in [4.78, 5) is 2.55. The van der Waals surface area contributed by atoms with Crippen molar-refractivity contribution in [2.45, 2.75) is 53.1 Å². The first-order valence-electron chi connectivity index (χ1n) is 6.99. The molecule has 17 heavy (non-hydrogen) atoms. The fraction of sp³-hybridized carbons (Fsp3) is 1.00. The molecule has 104 valence electrons. The van der Waals surface area contributed by atoms with E-state index in [2.05, 4.69) is 44.8 Å². The number of hydrogen-bond donors (Lipinski definition) is 1. The first kappa shape index (κ1) is 16.9. The minimum absolute atomic E-state index is 0.570. The molecule has 0 bridgehead atoms. The van der Waals surface area contributed by atoms with Gasteiger partial charge < -0.3 is 10.1 Å². The van der Waals surface area contributed by atoms with E-state index in [0.29, 0.717) is 18.0 Å². The third kappa shape index (κ3) is 7.02. The molecule has 1 atom stereocenters. The van der Waals surface area contributed by atoms with Gasteiger partial charge in [0, 0.05) is 32.3 Å². The van der Waals surface area contributed by atoms with Crippen LogP contribution in [0.1, 0.15) is 41.0 Å². The van der Waals surface area contributed by atoms with Crippen molar-refractivity contribution < 1.29 is 4.74 Å². The fourth-order valence-corrected chi connectivity index (χ4v) is 2.17. The van der Waals surface area contributed by atoms with Crippen molar-refractivity contribution in [2.75, 3.05) is 33.4 Å². The zero-order valence-electron chi connectivity index (χ0n) is 12.6. The van der Waals surface area contributed by atoms with E-state index in [-0.39, 0.29) is 0 Å². The molecule has 3 heteroatoms. The highest BCUT2D eigenvalue weighted by atomic mass is 16.5. The number of hydrogen-bond acceptors (Lipinski definition) is 3. The lowest BCUT2D eigenvalue weighted by Crippen LogP contribution is -2.50. The van der Waals surface area contributed by atoms with Gasteiger partial charge in [-0.2, -0.15) is 0 Å². The molecule has 3 nitrogen and oxygen atoms in total. The molecule has 0 aliphatic carbocycles. The molecule has 0 aliphatic heterocycles. The standard InChI is InChI=1S/C14H32N2O/c1-7-8-15-11-14(12(2)3)16(13(4)5)9-10-17-6/h12-15H,7-11H2,1-6H3. The Bertz CT molecular complexity index is 172. The van der Waals surface area contributed by atoms with E-state index in [1.165, 1.54) is 6.42 Å². The predicted molar refractivity (Wildman–Crippen MR) is 75.5 cm³/mol. The summed E-state index contributed by atoms with van der Waals surface area (Å²) >= 11 is 0. The molecule has 0 aromatic heterocycles. The van der Waals surface area contributed by atoms with Gasteiger partial charge >= 0.3 is 0 Å². The van der Waals surface area contributed by atoms with Crippen LogP contribution in [0.2, 0.25) is 0 Å². The highest BCUT2D eigenvalue weighted by molar-refractivity contribution is 4.79. The maximum atomic E-state index is 5.22. The molecular formula is C14H32N2O. The quantitative estimate of drug-likeness (QED) is 0.597. The highest BCUT2D eigenvalue weighted by Gasteiger charge is 2.23. The molecule has 0 radical (unpaired) electrons. The van der Waals surface area contributed by atoms with E-state index in [0.717, 1.165) is 26.2 Å². The summed E-state index contributed by atoms with van der Waals surface area (Å²) in [5.74, 6) is 0.665. The first-order valence-corrected chi connectivity index (χ1v) is 6.99. The van der Waals surface area contributed by atoms with E-state index >= 15 is 0 Å². The average Bonchev–Trinajstić information content (AvgIpc) is 2.26. The molecule has 0 aliphatic rings. The number of methoxy groups -OCH3 is 1. The molecule has 0 rings (SSSR count). The molecule has 0 saturated carbocycles. The van der Waals surface area contributed by atoms with Crippen LogP contribution < -0.4 is 5.32 Å². The molecule has 1 unspecified atom stereocenters. The average molecular weight is 244 g/mol. The van der Waals surface area contributed by atoms with Crippen molar-refractivity contribution in [3.63, 3.8) is 0 Å². The lowest BCUT2D eigenvalue weighted by molar-refractivity contribution is 0.0753. The molecule has 0 spiro atoms. The van der Waals surface area contributed by atoms with Gasteiger partial charge in [0.25, 0.3) is 0 Å². The molecular weight excluding hydrogens is 212 g/mol. The number of nitrogens with one attached hydrogen (secondary N) is 1. The Hall–Kier alpha value is -0.120. The van der Waals surface area contributed by atoms with E-state index in [9.17, 15) is 0 Å². The van der Waals surface area contributed by atoms with Gasteiger partial charge in [0.15, 0.2) is 0 Å². The van der Waals surface area contributed by atoms with Gasteiger partial charge in [0.1, 0.15) is 0 Å². The van der Waals surface area contributed by atoms with Crippen LogP contribution in [0.4, 0.5) is 0 Å². The fourth-order valence-electron chi connectivity index (χ4n) is 2.17. The van der Waals surface area contributed by atoms with E-state index in [4.69, 9.17) is 4.74 Å². The van der Waals surface area contributed by atoms with Crippen LogP contribution in [0.5, 0.6) is 0 Å². The predicted octanol–water partition coefficient (Wildman–Crippen LogP) is 2.37. The minimum atomic E-state index is 0.570. The molecule has 0 aromatic rings. The minimum Gasteiger partial charge on any atom is -0.383 e. The summed E-state index contributed by atoms with van der Waals surface area (Å²) in [6.45, 7) is 15.4. The van der Waals surface area contributed by atoms with Crippen LogP contribution in [0.3, 0.4) is 0 Å². The summed E-state index contributed by atoms with van der Waals surface area (Å²) in [7, 11) is 1.78. The second kappa shape index (κ2) is 9.86. The maximum Gasteiger partial charge on any atom is 0.0589 e. The second-order valence-corrected chi connectivity index (χ2v) is 5.34. The second-order valence-electron chi connectivity index (χ2n) is 5.34. The van der Waals surface area contributed by atoms with Crippen molar-refractivity contribution in [1.82, 2.24) is 10.2 Å². The first-order chi connectivity index (χ1) is 8.04. The molecule has 0 fully saturated rings. The molecule has 0 amide bonds. The van der Waals surface area contributed by atoms with Crippen LogP contribution in [0.15, 0.2) is 0 Å². The third-order valence-electron chi connectivity index (χ3n) is 3.19. The van der Waals surface area contributed by atoms with E-state index in [1.807, 2.05) is 0 Å². The van der Waals surface area contributed by atoms with Gasteiger partial charge in [0.05, 0.1) is 6.61 Å². The van der Waals surface area contributed by atoms with Crippen LogP contribution in [0.25, 0.3) is 0 Å². The highest BCUT2D eigenvalue weighted by Crippen LogP contribution is 2.13. The van der Waals surface area contributed by atoms with Gasteiger partial charge in [-0.3, -0.25) is 4.90 Å². The summed E-state index contributed by atoms with van der Waals surface area (Å²) in [5, 5.41) is 3.55. The zero-order chi connectivity index (χ0) is 13.3. The van der Waals surface area contributed by atoms with Crippen LogP contribution in [0, 0.1) is 5.92 Å². The monoisotopic (exact) mass is 244 g/mol. The maximum absolute atomic E-state index is 5.22. The molecule has 0 saturated heterocycles. The van der Waals surface area contributed by atoms with Gasteiger partial charge in [-0.25, -0.2) is 0 Å². The van der Waals surface area contributed by atoms with Crippen molar-refractivity contribution in [3.05, 3.63) is 0 Å². The summed E-state index contributed by atoms with van der Waals surface area (Å²) in [5.41, 5.74) is 0. The Morgan fingerprint density at radius 2 is 1.82 bits per heavy atom. The van der Waals surface area contributed by atoms with E-state index in [1.54, 1.807) is 7.11 Å². The van der Waals surface area contributed by atoms with Crippen molar-refractivity contribution in [2.24, 2.45) is 5.92 Å². The van der Waals surface area contributed by atoms with Crippen molar-refractivity contribution in [3.8, 4) is 0 Å². The van der Waals surface area contributed by atoms with Gasteiger partial charge in [-0.1, -0.05) is 20.8 Å². The SMILES string of the molecule is CCCNCC(C(C)C)N(CCOC)C(C)C. The van der Waals surface area contributed by atoms with Crippen molar-refractivity contribution in [1.29, 1.82) is 0 Å². The van der Waals surface area contributed by atoms with Crippen LogP contribution >= 0.6 is 0 Å². The third-order valence-corrected chi connectivity index (χ3v) is 3.19. The lowest BCUT2D eigenvalue weighted by atomic mass is 10.0. The Balaban J connectivity index is 4.37. The number of nitrogens with zero attached hydrogens (tertiary/aromatic N) is 1. The Kier molecular flexibility index (Phi) is 9.79. The Labute approximate surface area is 108 Å². The summed E-state index contributed by atoms with van der Waals surface area (Å²) in [6.07, 6.45) is 1.20. The Morgan fingerprint density at radius 1 is 1.18 bits per heavy atom. The summed E-state index contributed by atoms with van der Waals surface area (Å²) in [6, 6.07) is 1.16. The van der Waals surface area contributed by atoms with Gasteiger partial charge in [0.2, 0.25) is 0 Å². The Morgan fingerprint density at radius 3 is 2.24 bits per heavy atom. The number of rotatable bonds is 10. The van der Waals surface area contributed by atoms with Gasteiger partial charge in [-0.15, -0.1) is 0 Å². The molecule has 1 N–H and O–H groups in total. The zero-order valence-corrected chi connectivity index (χ0v) is 12.6. The number of ether oxygens (including phenoxy) is 1. The van der Waals surface area contributed by atoms with Crippen molar-refractivity contribution >= 4 is 0 Å². The molecule has 0 aromatic carbocycles. The topological polar surface area (TPSA) is 24.5 Å². The largest absolute Gasteiger partial charge is 0.383 e. The van der Waals surface area contributed by atoms with E-state index < -0.39 is 0 Å². The normalized spacial score (nSPS) is 13.9. The summed E-state index contributed by atoms with van der Waals surface area (Å²) < 4.78 is 5.22. The smallest absolute Gasteiger partial charge is 0.0589 e. The van der Waals surface area contributed by atoms with Crippen LogP contribution in [-0.2, 0) is 4.74 Å².